The van der Waals surface area contributed by atoms with Crippen molar-refractivity contribution < 1.29 is 4.79 Å². The Bertz CT molecular complexity index is 496. The molecule has 1 N–H and O–H groups in total. The van der Waals surface area contributed by atoms with Crippen LogP contribution in [0.1, 0.15) is 53.0 Å². The van der Waals surface area contributed by atoms with E-state index >= 15 is 0 Å². The Morgan fingerprint density at radius 3 is 2.41 bits per heavy atom. The van der Waals surface area contributed by atoms with Crippen molar-refractivity contribution in [3.63, 3.8) is 0 Å². The number of carbonyl (C=O) groups is 1. The number of nitrogens with one attached hydrogen (secondary N) is 1. The summed E-state index contributed by atoms with van der Waals surface area (Å²) in [6, 6.07) is 7.05. The molecule has 3 nitrogen and oxygen atoms in total. The summed E-state index contributed by atoms with van der Waals surface area (Å²) in [5.41, 5.74) is 2.39. The molecule has 1 heterocycles. The van der Waals surface area contributed by atoms with Gasteiger partial charge in [0.25, 0.3) is 0 Å². The number of hydrogen-bond donors (Lipinski definition) is 1. The van der Waals surface area contributed by atoms with Crippen molar-refractivity contribution >= 4 is 23.7 Å². The Labute approximate surface area is 140 Å². The summed E-state index contributed by atoms with van der Waals surface area (Å²) in [4.78, 5) is 12.2. The molecule has 1 amide bonds. The zero-order chi connectivity index (χ0) is 16.9. The van der Waals surface area contributed by atoms with Gasteiger partial charge >= 0.3 is 0 Å². The summed E-state index contributed by atoms with van der Waals surface area (Å²) in [5, 5.41) is 3.95. The fraction of sp³-hybridized carbons (Fsp3) is 0.611. The van der Waals surface area contributed by atoms with Gasteiger partial charge < -0.3 is 10.2 Å². The lowest BCUT2D eigenvalue weighted by atomic mass is 9.87. The summed E-state index contributed by atoms with van der Waals surface area (Å²) in [6.07, 6.45) is 3.25. The van der Waals surface area contributed by atoms with E-state index in [0.29, 0.717) is 12.1 Å². The molecule has 2 unspecified atom stereocenters. The number of nitrogens with zero attached hydrogens (tertiary/aromatic N) is 1. The lowest BCUT2D eigenvalue weighted by molar-refractivity contribution is -0.129. The highest BCUT2D eigenvalue weighted by molar-refractivity contribution is 6.31. The molecule has 1 aliphatic rings. The molecule has 1 aliphatic heterocycles. The summed E-state index contributed by atoms with van der Waals surface area (Å²) < 4.78 is 0. The van der Waals surface area contributed by atoms with Gasteiger partial charge in [0, 0.05) is 29.8 Å². The van der Waals surface area contributed by atoms with Crippen LogP contribution < -0.4 is 5.32 Å². The minimum atomic E-state index is 0.101. The van der Waals surface area contributed by atoms with Crippen LogP contribution in [0.4, 0.5) is 5.69 Å². The smallest absolute Gasteiger partial charge is 0.210 e. The van der Waals surface area contributed by atoms with Gasteiger partial charge in [-0.2, -0.15) is 0 Å². The van der Waals surface area contributed by atoms with E-state index in [1.807, 2.05) is 24.1 Å². The summed E-state index contributed by atoms with van der Waals surface area (Å²) in [5.74, 6) is 0. The average molecular weight is 325 g/mol. The van der Waals surface area contributed by atoms with Crippen molar-refractivity contribution in [3.8, 4) is 0 Å². The van der Waals surface area contributed by atoms with Gasteiger partial charge in [-0.15, -0.1) is 0 Å². The van der Waals surface area contributed by atoms with Crippen molar-refractivity contribution in [2.45, 2.75) is 65.0 Å². The Kier molecular flexibility index (Phi) is 6.73. The molecule has 22 heavy (non-hydrogen) atoms. The molecular formula is C18H29ClN2O. The van der Waals surface area contributed by atoms with Gasteiger partial charge in [0.2, 0.25) is 6.41 Å². The number of benzene rings is 1. The number of anilines is 1. The first-order valence-electron chi connectivity index (χ1n) is 7.95. The molecule has 1 aromatic rings. The van der Waals surface area contributed by atoms with Crippen LogP contribution >= 0.6 is 11.6 Å². The zero-order valence-corrected chi connectivity index (χ0v) is 15.4. The second kappa shape index (κ2) is 7.87. The maximum absolute atomic E-state index is 10.3. The van der Waals surface area contributed by atoms with E-state index in [-0.39, 0.29) is 5.41 Å². The van der Waals surface area contributed by atoms with Crippen LogP contribution in [-0.4, -0.2) is 30.4 Å². The third kappa shape index (κ3) is 4.64. The fourth-order valence-electron chi connectivity index (χ4n) is 2.68. The largest absolute Gasteiger partial charge is 0.388 e. The Morgan fingerprint density at radius 2 is 2.05 bits per heavy atom. The lowest BCUT2D eigenvalue weighted by Crippen LogP contribution is -2.52. The van der Waals surface area contributed by atoms with E-state index in [4.69, 9.17) is 11.6 Å². The van der Waals surface area contributed by atoms with E-state index in [9.17, 15) is 4.79 Å². The second-order valence-corrected chi connectivity index (χ2v) is 7.30. The van der Waals surface area contributed by atoms with Gasteiger partial charge in [0.05, 0.1) is 0 Å². The van der Waals surface area contributed by atoms with E-state index in [2.05, 4.69) is 46.0 Å². The number of amides is 1. The first-order valence-corrected chi connectivity index (χ1v) is 8.32. The van der Waals surface area contributed by atoms with Crippen molar-refractivity contribution in [1.82, 2.24) is 4.90 Å². The molecule has 0 aliphatic carbocycles. The fourth-order valence-corrected chi connectivity index (χ4v) is 3.08. The van der Waals surface area contributed by atoms with Gasteiger partial charge in [0.15, 0.2) is 0 Å². The quantitative estimate of drug-likeness (QED) is 0.818. The molecule has 1 saturated heterocycles. The molecular weight excluding hydrogens is 296 g/mol. The van der Waals surface area contributed by atoms with Crippen LogP contribution in [0.15, 0.2) is 18.2 Å². The molecule has 0 aromatic heterocycles. The van der Waals surface area contributed by atoms with E-state index < -0.39 is 0 Å². The highest BCUT2D eigenvalue weighted by Crippen LogP contribution is 2.31. The molecule has 0 saturated carbocycles. The Hall–Kier alpha value is -1.22. The van der Waals surface area contributed by atoms with Crippen molar-refractivity contribution in [2.75, 3.05) is 12.4 Å². The minimum absolute atomic E-state index is 0.101. The van der Waals surface area contributed by atoms with Crippen LogP contribution in [-0.2, 0) is 10.2 Å². The van der Waals surface area contributed by atoms with Crippen molar-refractivity contribution in [2.24, 2.45) is 0 Å². The van der Waals surface area contributed by atoms with Crippen LogP contribution in [0.5, 0.6) is 0 Å². The summed E-state index contributed by atoms with van der Waals surface area (Å²) in [7, 11) is 1.91. The van der Waals surface area contributed by atoms with Crippen LogP contribution in [0.2, 0.25) is 5.02 Å². The summed E-state index contributed by atoms with van der Waals surface area (Å²) in [6.45, 7) is 10.7. The molecule has 1 aromatic carbocycles. The topological polar surface area (TPSA) is 32.3 Å². The first kappa shape index (κ1) is 18.8. The van der Waals surface area contributed by atoms with Gasteiger partial charge in [-0.25, -0.2) is 0 Å². The standard InChI is InChI=1S/C11H16ClN.C7H13NO/c1-11(2,3)9-7-8(13-4)5-6-10(9)12;1-3-7-4-6(2)8(7)5-9/h5-7,13H,1-4H3;5-7H,3-4H2,1-2H3. The normalized spacial score (nSPS) is 20.6. The highest BCUT2D eigenvalue weighted by Gasteiger charge is 2.31. The zero-order valence-electron chi connectivity index (χ0n) is 14.6. The number of likely N-dealkylation sites (tertiary alicyclic amines) is 1. The van der Waals surface area contributed by atoms with Gasteiger partial charge in [-0.3, -0.25) is 4.79 Å². The predicted molar refractivity (Wildman–Crippen MR) is 95.8 cm³/mol. The maximum Gasteiger partial charge on any atom is 0.210 e. The van der Waals surface area contributed by atoms with Crippen LogP contribution in [0.3, 0.4) is 0 Å². The number of carbonyl (C=O) groups excluding carboxylic acids is 1. The van der Waals surface area contributed by atoms with E-state index in [0.717, 1.165) is 23.5 Å². The number of halogens is 1. The SMILES string of the molecule is CCC1CC(C)N1C=O.CNc1ccc(Cl)c(C(C)(C)C)c1. The highest BCUT2D eigenvalue weighted by atomic mass is 35.5. The Morgan fingerprint density at radius 1 is 1.41 bits per heavy atom. The first-order chi connectivity index (χ1) is 10.2. The van der Waals surface area contributed by atoms with E-state index in [1.54, 1.807) is 0 Å². The summed E-state index contributed by atoms with van der Waals surface area (Å²) >= 11 is 6.11. The molecule has 0 radical (unpaired) electrons. The van der Waals surface area contributed by atoms with Gasteiger partial charge in [0.1, 0.15) is 0 Å². The van der Waals surface area contributed by atoms with Crippen LogP contribution in [0.25, 0.3) is 0 Å². The number of hydrogen-bond acceptors (Lipinski definition) is 2. The second-order valence-electron chi connectivity index (χ2n) is 6.89. The molecule has 2 atom stereocenters. The van der Waals surface area contributed by atoms with Crippen molar-refractivity contribution in [3.05, 3.63) is 28.8 Å². The molecule has 1 fully saturated rings. The molecule has 4 heteroatoms. The maximum atomic E-state index is 10.3. The average Bonchev–Trinajstić information content (AvgIpc) is 2.45. The predicted octanol–water partition coefficient (Wildman–Crippen LogP) is 4.69. The molecule has 124 valence electrons. The number of rotatable bonds is 3. The van der Waals surface area contributed by atoms with Crippen LogP contribution in [0, 0.1) is 0 Å². The molecule has 0 bridgehead atoms. The van der Waals surface area contributed by atoms with E-state index in [1.165, 1.54) is 12.0 Å². The molecule has 2 rings (SSSR count). The lowest BCUT2D eigenvalue weighted by Gasteiger charge is -2.44. The third-order valence-electron chi connectivity index (χ3n) is 4.20. The Balaban J connectivity index is 0.000000235. The monoisotopic (exact) mass is 324 g/mol. The molecule has 0 spiro atoms. The van der Waals surface area contributed by atoms with Gasteiger partial charge in [-0.1, -0.05) is 39.3 Å². The van der Waals surface area contributed by atoms with Gasteiger partial charge in [-0.05, 0) is 48.9 Å². The van der Waals surface area contributed by atoms with Crippen molar-refractivity contribution in [1.29, 1.82) is 0 Å². The minimum Gasteiger partial charge on any atom is -0.388 e. The third-order valence-corrected chi connectivity index (χ3v) is 4.53.